The molecule has 0 saturated carbocycles. The lowest BCUT2D eigenvalue weighted by Gasteiger charge is -2.23. The molecule has 1 heterocycles. The van der Waals surface area contributed by atoms with Crippen molar-refractivity contribution in [3.8, 4) is 0 Å². The van der Waals surface area contributed by atoms with Crippen LogP contribution in [0.5, 0.6) is 0 Å². The number of ketones is 1. The molecule has 116 valence electrons. The lowest BCUT2D eigenvalue weighted by Crippen LogP contribution is -2.11. The Morgan fingerprint density at radius 3 is 2.78 bits per heavy atom. The second kappa shape index (κ2) is 6.14. The summed E-state index contributed by atoms with van der Waals surface area (Å²) in [4.78, 5) is 19.1. The van der Waals surface area contributed by atoms with E-state index in [-0.39, 0.29) is 29.9 Å². The van der Waals surface area contributed by atoms with Gasteiger partial charge in [-0.3, -0.25) is 9.78 Å². The Bertz CT molecular complexity index is 817. The van der Waals surface area contributed by atoms with Crippen molar-refractivity contribution in [1.82, 2.24) is 4.98 Å². The molecular weight excluding hydrogens is 302 g/mol. The summed E-state index contributed by atoms with van der Waals surface area (Å²) in [6.45, 7) is 0. The number of pyridine rings is 1. The Hall–Kier alpha value is -2.79. The van der Waals surface area contributed by atoms with Crippen molar-refractivity contribution in [2.75, 3.05) is 0 Å². The molecule has 1 aliphatic rings. The summed E-state index contributed by atoms with van der Waals surface area (Å²) in [5.74, 6) is -2.77. The zero-order valence-corrected chi connectivity index (χ0v) is 12.0. The fraction of sp³-hybridized carbons (Fsp3) is 0.250. The second-order valence-electron chi connectivity index (χ2n) is 5.30. The van der Waals surface area contributed by atoms with Crippen molar-refractivity contribution in [3.63, 3.8) is 0 Å². The molecule has 1 aromatic carbocycles. The van der Waals surface area contributed by atoms with E-state index in [1.54, 1.807) is 12.1 Å². The summed E-state index contributed by atoms with van der Waals surface area (Å²) in [5.41, 5.74) is 9.65. The van der Waals surface area contributed by atoms with Gasteiger partial charge in [0.05, 0.1) is 6.04 Å². The van der Waals surface area contributed by atoms with E-state index in [1.807, 2.05) is 0 Å². The lowest BCUT2D eigenvalue weighted by atomic mass is 9.86. The number of fused-ring (bicyclic) bond motifs is 1. The smallest absolute Gasteiger partial charge is 0.181 e. The van der Waals surface area contributed by atoms with Crippen LogP contribution in [0.25, 0.3) is 10.4 Å². The van der Waals surface area contributed by atoms with Crippen molar-refractivity contribution < 1.29 is 13.6 Å². The molecule has 0 saturated heterocycles. The first kappa shape index (κ1) is 15.1. The zero-order chi connectivity index (χ0) is 16.4. The molecule has 2 aromatic rings. The third kappa shape index (κ3) is 2.66. The third-order valence-electron chi connectivity index (χ3n) is 4.04. The minimum absolute atomic E-state index is 0.104. The molecule has 3 rings (SSSR count). The van der Waals surface area contributed by atoms with E-state index in [2.05, 4.69) is 15.0 Å². The zero-order valence-electron chi connectivity index (χ0n) is 12.0. The van der Waals surface area contributed by atoms with E-state index in [4.69, 9.17) is 5.53 Å². The van der Waals surface area contributed by atoms with Crippen LogP contribution in [-0.2, 0) is 0 Å². The molecule has 0 unspecified atom stereocenters. The highest BCUT2D eigenvalue weighted by molar-refractivity contribution is 5.96. The Morgan fingerprint density at radius 2 is 2.00 bits per heavy atom. The van der Waals surface area contributed by atoms with Gasteiger partial charge in [0.25, 0.3) is 0 Å². The van der Waals surface area contributed by atoms with Gasteiger partial charge in [0.15, 0.2) is 17.4 Å². The van der Waals surface area contributed by atoms with Gasteiger partial charge in [0.2, 0.25) is 0 Å². The highest BCUT2D eigenvalue weighted by atomic mass is 19.2. The molecule has 5 nitrogen and oxygen atoms in total. The number of hydrogen-bond donors (Lipinski definition) is 0. The first-order valence-corrected chi connectivity index (χ1v) is 7.09. The summed E-state index contributed by atoms with van der Waals surface area (Å²) in [6.07, 6.45) is 1.86. The summed E-state index contributed by atoms with van der Waals surface area (Å²) >= 11 is 0. The molecule has 2 atom stereocenters. The maximum Gasteiger partial charge on any atom is 0.181 e. The molecule has 0 aliphatic heterocycles. The number of azide groups is 1. The molecule has 0 radical (unpaired) electrons. The van der Waals surface area contributed by atoms with E-state index in [0.717, 1.165) is 6.07 Å². The number of aromatic nitrogens is 1. The topological polar surface area (TPSA) is 78.7 Å². The largest absolute Gasteiger partial charge is 0.292 e. The highest BCUT2D eigenvalue weighted by Crippen LogP contribution is 2.42. The average molecular weight is 314 g/mol. The first-order chi connectivity index (χ1) is 11.1. The van der Waals surface area contributed by atoms with Gasteiger partial charge in [-0.05, 0) is 41.1 Å². The van der Waals surface area contributed by atoms with Crippen LogP contribution in [0, 0.1) is 11.6 Å². The van der Waals surface area contributed by atoms with Crippen molar-refractivity contribution in [3.05, 3.63) is 75.4 Å². The molecule has 0 N–H and O–H groups in total. The van der Waals surface area contributed by atoms with Gasteiger partial charge in [-0.2, -0.15) is 0 Å². The molecule has 1 aromatic heterocycles. The van der Waals surface area contributed by atoms with Gasteiger partial charge in [-0.25, -0.2) is 8.78 Å². The molecule has 0 bridgehead atoms. The maximum absolute atomic E-state index is 14.2. The van der Waals surface area contributed by atoms with E-state index in [1.165, 1.54) is 18.3 Å². The predicted octanol–water partition coefficient (Wildman–Crippen LogP) is 4.47. The number of rotatable bonds is 2. The first-order valence-electron chi connectivity index (χ1n) is 7.09. The maximum atomic E-state index is 14.2. The van der Waals surface area contributed by atoms with Crippen molar-refractivity contribution in [2.24, 2.45) is 5.11 Å². The second-order valence-corrected chi connectivity index (χ2v) is 5.30. The summed E-state index contributed by atoms with van der Waals surface area (Å²) in [5, 5.41) is 3.75. The normalized spacial score (nSPS) is 20.3. The van der Waals surface area contributed by atoms with Gasteiger partial charge in [0.1, 0.15) is 5.69 Å². The molecular formula is C16H12F2N4O. The molecule has 23 heavy (non-hydrogen) atoms. The Morgan fingerprint density at radius 1 is 1.22 bits per heavy atom. The number of nitrogens with zero attached hydrogens (tertiary/aromatic N) is 4. The van der Waals surface area contributed by atoms with Crippen molar-refractivity contribution >= 4 is 5.78 Å². The number of halogens is 2. The number of hydrogen-bond acceptors (Lipinski definition) is 3. The van der Waals surface area contributed by atoms with Gasteiger partial charge in [-0.1, -0.05) is 23.3 Å². The minimum atomic E-state index is -0.976. The van der Waals surface area contributed by atoms with E-state index >= 15 is 0 Å². The number of benzene rings is 1. The van der Waals surface area contributed by atoms with E-state index in [0.29, 0.717) is 5.56 Å². The quantitative estimate of drug-likeness (QED) is 0.355. The summed E-state index contributed by atoms with van der Waals surface area (Å²) in [7, 11) is 0. The van der Waals surface area contributed by atoms with E-state index in [9.17, 15) is 13.6 Å². The molecule has 0 amide bonds. The molecule has 1 aliphatic carbocycles. The van der Waals surface area contributed by atoms with Gasteiger partial charge < -0.3 is 0 Å². The number of carbonyl (C=O) groups excluding carboxylic acids is 1. The third-order valence-corrected chi connectivity index (χ3v) is 4.04. The van der Waals surface area contributed by atoms with Crippen LogP contribution in [0.15, 0.2) is 41.6 Å². The van der Waals surface area contributed by atoms with E-state index < -0.39 is 23.6 Å². The summed E-state index contributed by atoms with van der Waals surface area (Å²) < 4.78 is 27.8. The molecule has 7 heteroatoms. The van der Waals surface area contributed by atoms with Gasteiger partial charge in [0, 0.05) is 17.5 Å². The van der Waals surface area contributed by atoms with Crippen LogP contribution in [-0.4, -0.2) is 10.8 Å². The Balaban J connectivity index is 2.19. The van der Waals surface area contributed by atoms with Crippen LogP contribution in [0.4, 0.5) is 8.78 Å². The molecule has 0 spiro atoms. The van der Waals surface area contributed by atoms with Crippen molar-refractivity contribution in [1.29, 1.82) is 0 Å². The monoisotopic (exact) mass is 314 g/mol. The fourth-order valence-corrected chi connectivity index (χ4v) is 3.00. The predicted molar refractivity (Wildman–Crippen MR) is 78.8 cm³/mol. The Labute approximate surface area is 130 Å². The fourth-order valence-electron chi connectivity index (χ4n) is 3.00. The average Bonchev–Trinajstić information content (AvgIpc) is 2.69. The van der Waals surface area contributed by atoms with Crippen LogP contribution in [0.1, 0.15) is 46.4 Å². The van der Waals surface area contributed by atoms with Crippen LogP contribution in [0.2, 0.25) is 0 Å². The van der Waals surface area contributed by atoms with Crippen LogP contribution < -0.4 is 0 Å². The molecule has 0 fully saturated rings. The highest BCUT2D eigenvalue weighted by Gasteiger charge is 2.34. The standard InChI is InChI=1S/C16H12F2N4O/c17-12-5-1-3-9(14(12)18)10-6-7-13(23)16-11(4-2-8-20-16)15(10)21-22-19/h1-5,8,10,15H,6-7H2/t10-,15-/m0/s1. The Kier molecular flexibility index (Phi) is 4.04. The summed E-state index contributed by atoms with van der Waals surface area (Å²) in [6, 6.07) is 6.32. The number of Topliss-reactive ketones (excluding diaryl/α,β-unsaturated/α-hetero) is 1. The lowest BCUT2D eigenvalue weighted by molar-refractivity contribution is 0.0976. The van der Waals surface area contributed by atoms with Crippen LogP contribution >= 0.6 is 0 Å². The van der Waals surface area contributed by atoms with Crippen molar-refractivity contribution in [2.45, 2.75) is 24.8 Å². The van der Waals surface area contributed by atoms with Gasteiger partial charge >= 0.3 is 0 Å². The van der Waals surface area contributed by atoms with Crippen LogP contribution in [0.3, 0.4) is 0 Å². The SMILES string of the molecule is [N-]=[N+]=N[C@@H]1c2cccnc2C(=O)CC[C@H]1c1cccc(F)c1F. The van der Waals surface area contributed by atoms with Gasteiger partial charge in [-0.15, -0.1) is 0 Å². The number of carbonyl (C=O) groups is 1. The minimum Gasteiger partial charge on any atom is -0.292 e.